The first-order valence-electron chi connectivity index (χ1n) is 7.14. The van der Waals surface area contributed by atoms with E-state index < -0.39 is 18.0 Å². The molecule has 0 fully saturated rings. The Bertz CT molecular complexity index is 489. The van der Waals surface area contributed by atoms with E-state index in [1.807, 2.05) is 32.9 Å². The van der Waals surface area contributed by atoms with Crippen LogP contribution in [0.25, 0.3) is 0 Å². The summed E-state index contributed by atoms with van der Waals surface area (Å²) in [6.45, 7) is 6.13. The fraction of sp³-hybridized carbons (Fsp3) is 0.533. The minimum atomic E-state index is -1.02. The third-order valence-corrected chi connectivity index (χ3v) is 3.09. The number of nitrogens with one attached hydrogen (secondary N) is 2. The molecule has 2 amide bonds. The van der Waals surface area contributed by atoms with Crippen LogP contribution >= 0.6 is 0 Å². The molecule has 0 unspecified atom stereocenters. The summed E-state index contributed by atoms with van der Waals surface area (Å²) in [7, 11) is 0. The fourth-order valence-electron chi connectivity index (χ4n) is 2.02. The smallest absolute Gasteiger partial charge is 0.326 e. The quantitative estimate of drug-likeness (QED) is 0.716. The first-order chi connectivity index (χ1) is 9.93. The van der Waals surface area contributed by atoms with Gasteiger partial charge in [-0.1, -0.05) is 26.8 Å². The van der Waals surface area contributed by atoms with Gasteiger partial charge in [-0.15, -0.1) is 0 Å². The van der Waals surface area contributed by atoms with Crippen molar-refractivity contribution in [1.82, 2.24) is 15.6 Å². The highest BCUT2D eigenvalue weighted by Gasteiger charge is 2.20. The Kier molecular flexibility index (Phi) is 6.65. The van der Waals surface area contributed by atoms with E-state index in [4.69, 9.17) is 5.11 Å². The average molecular weight is 293 g/mol. The molecule has 6 nitrogen and oxygen atoms in total. The van der Waals surface area contributed by atoms with Crippen molar-refractivity contribution < 1.29 is 14.7 Å². The number of amides is 2. The molecule has 0 radical (unpaired) electrons. The topological polar surface area (TPSA) is 91.3 Å². The van der Waals surface area contributed by atoms with Crippen molar-refractivity contribution in [3.05, 3.63) is 29.6 Å². The Balaban J connectivity index is 2.54. The molecule has 116 valence electrons. The number of carbonyl (C=O) groups excluding carboxylic acids is 1. The maximum absolute atomic E-state index is 11.8. The van der Waals surface area contributed by atoms with Crippen LogP contribution in [-0.2, 0) is 17.8 Å². The summed E-state index contributed by atoms with van der Waals surface area (Å²) in [5, 5.41) is 14.2. The number of aromatic nitrogens is 1. The van der Waals surface area contributed by atoms with Gasteiger partial charge in [0.05, 0.1) is 12.2 Å². The number of pyridine rings is 1. The summed E-state index contributed by atoms with van der Waals surface area (Å²) in [6.07, 6.45) is 2.90. The van der Waals surface area contributed by atoms with Crippen molar-refractivity contribution in [1.29, 1.82) is 0 Å². The normalized spacial score (nSPS) is 12.0. The van der Waals surface area contributed by atoms with E-state index in [-0.39, 0.29) is 12.5 Å². The lowest BCUT2D eigenvalue weighted by Crippen LogP contribution is -2.46. The van der Waals surface area contributed by atoms with Gasteiger partial charge in [0.25, 0.3) is 0 Å². The van der Waals surface area contributed by atoms with Crippen LogP contribution in [-0.4, -0.2) is 28.1 Å². The SMILES string of the molecule is CCc1cccnc1CNC(=O)N[C@H](CC(C)C)C(=O)O. The molecule has 0 saturated heterocycles. The van der Waals surface area contributed by atoms with Gasteiger partial charge in [-0.3, -0.25) is 4.98 Å². The molecule has 21 heavy (non-hydrogen) atoms. The number of rotatable bonds is 7. The van der Waals surface area contributed by atoms with Gasteiger partial charge in [0.15, 0.2) is 0 Å². The highest BCUT2D eigenvalue weighted by Crippen LogP contribution is 2.06. The van der Waals surface area contributed by atoms with E-state index in [2.05, 4.69) is 15.6 Å². The number of hydrogen-bond donors (Lipinski definition) is 3. The van der Waals surface area contributed by atoms with Crippen molar-refractivity contribution in [3.63, 3.8) is 0 Å². The molecule has 1 aromatic rings. The molecular weight excluding hydrogens is 270 g/mol. The number of aliphatic carboxylic acids is 1. The third-order valence-electron chi connectivity index (χ3n) is 3.09. The lowest BCUT2D eigenvalue weighted by atomic mass is 10.0. The largest absolute Gasteiger partial charge is 0.480 e. The van der Waals surface area contributed by atoms with Crippen LogP contribution in [0.1, 0.15) is 38.4 Å². The van der Waals surface area contributed by atoms with Crippen LogP contribution in [0.5, 0.6) is 0 Å². The number of urea groups is 1. The zero-order valence-corrected chi connectivity index (χ0v) is 12.7. The molecule has 0 bridgehead atoms. The lowest BCUT2D eigenvalue weighted by molar-refractivity contribution is -0.139. The number of aryl methyl sites for hydroxylation is 1. The Morgan fingerprint density at radius 3 is 2.67 bits per heavy atom. The second-order valence-electron chi connectivity index (χ2n) is 5.31. The molecule has 1 rings (SSSR count). The Hall–Kier alpha value is -2.11. The molecule has 1 heterocycles. The van der Waals surface area contributed by atoms with Crippen LogP contribution in [0.3, 0.4) is 0 Å². The van der Waals surface area contributed by atoms with E-state index in [0.717, 1.165) is 17.7 Å². The number of hydrogen-bond acceptors (Lipinski definition) is 3. The number of carbonyl (C=O) groups is 2. The van der Waals surface area contributed by atoms with Crippen molar-refractivity contribution in [2.24, 2.45) is 5.92 Å². The molecule has 0 aliphatic rings. The van der Waals surface area contributed by atoms with E-state index in [1.165, 1.54) is 0 Å². The minimum absolute atomic E-state index is 0.189. The molecule has 6 heteroatoms. The summed E-state index contributed by atoms with van der Waals surface area (Å²) in [6, 6.07) is 2.45. The molecule has 1 atom stereocenters. The first kappa shape index (κ1) is 16.9. The summed E-state index contributed by atoms with van der Waals surface area (Å²) < 4.78 is 0. The predicted molar refractivity (Wildman–Crippen MR) is 79.9 cm³/mol. The second-order valence-corrected chi connectivity index (χ2v) is 5.31. The molecule has 0 aliphatic carbocycles. The van der Waals surface area contributed by atoms with Crippen molar-refractivity contribution >= 4 is 12.0 Å². The van der Waals surface area contributed by atoms with Crippen molar-refractivity contribution in [2.45, 2.75) is 46.2 Å². The Morgan fingerprint density at radius 1 is 1.38 bits per heavy atom. The zero-order chi connectivity index (χ0) is 15.8. The minimum Gasteiger partial charge on any atom is -0.480 e. The van der Waals surface area contributed by atoms with Crippen molar-refractivity contribution in [3.8, 4) is 0 Å². The molecule has 0 aromatic carbocycles. The van der Waals surface area contributed by atoms with E-state index in [0.29, 0.717) is 6.42 Å². The van der Waals surface area contributed by atoms with Crippen LogP contribution in [0.4, 0.5) is 4.79 Å². The number of carboxylic acid groups (broad SMARTS) is 1. The maximum Gasteiger partial charge on any atom is 0.326 e. The highest BCUT2D eigenvalue weighted by atomic mass is 16.4. The number of carboxylic acids is 1. The molecular formula is C15H23N3O3. The molecule has 0 spiro atoms. The van der Waals surface area contributed by atoms with Gasteiger partial charge in [0.2, 0.25) is 0 Å². The van der Waals surface area contributed by atoms with Gasteiger partial charge in [0, 0.05) is 6.20 Å². The van der Waals surface area contributed by atoms with Crippen molar-refractivity contribution in [2.75, 3.05) is 0 Å². The van der Waals surface area contributed by atoms with Crippen LogP contribution in [0.2, 0.25) is 0 Å². The van der Waals surface area contributed by atoms with Gasteiger partial charge >= 0.3 is 12.0 Å². The third kappa shape index (κ3) is 5.81. The van der Waals surface area contributed by atoms with E-state index in [9.17, 15) is 9.59 Å². The standard InChI is InChI=1S/C15H23N3O3/c1-4-11-6-5-7-16-13(11)9-17-15(21)18-12(14(19)20)8-10(2)3/h5-7,10,12H,4,8-9H2,1-3H3,(H,19,20)(H2,17,18,21)/t12-/m1/s1. The maximum atomic E-state index is 11.8. The monoisotopic (exact) mass is 293 g/mol. The van der Waals surface area contributed by atoms with E-state index in [1.54, 1.807) is 6.20 Å². The average Bonchev–Trinajstić information content (AvgIpc) is 2.44. The summed E-state index contributed by atoms with van der Waals surface area (Å²) in [5.41, 5.74) is 1.86. The number of nitrogens with zero attached hydrogens (tertiary/aromatic N) is 1. The van der Waals surface area contributed by atoms with Gasteiger partial charge in [-0.2, -0.15) is 0 Å². The fourth-order valence-corrected chi connectivity index (χ4v) is 2.02. The van der Waals surface area contributed by atoms with Gasteiger partial charge in [0.1, 0.15) is 6.04 Å². The highest BCUT2D eigenvalue weighted by molar-refractivity contribution is 5.82. The molecule has 3 N–H and O–H groups in total. The summed E-state index contributed by atoms with van der Waals surface area (Å²) in [5.74, 6) is -0.834. The van der Waals surface area contributed by atoms with Crippen LogP contribution < -0.4 is 10.6 Å². The predicted octanol–water partition coefficient (Wildman–Crippen LogP) is 1.94. The van der Waals surface area contributed by atoms with Crippen LogP contribution in [0.15, 0.2) is 18.3 Å². The molecule has 0 saturated carbocycles. The Labute approximate surface area is 125 Å². The van der Waals surface area contributed by atoms with Gasteiger partial charge in [-0.25, -0.2) is 9.59 Å². The summed E-state index contributed by atoms with van der Waals surface area (Å²) >= 11 is 0. The summed E-state index contributed by atoms with van der Waals surface area (Å²) in [4.78, 5) is 27.1. The zero-order valence-electron chi connectivity index (χ0n) is 12.7. The van der Waals surface area contributed by atoms with Gasteiger partial charge in [-0.05, 0) is 30.4 Å². The van der Waals surface area contributed by atoms with Crippen LogP contribution in [0, 0.1) is 5.92 Å². The Morgan fingerprint density at radius 2 is 2.10 bits per heavy atom. The van der Waals surface area contributed by atoms with Gasteiger partial charge < -0.3 is 15.7 Å². The van der Waals surface area contributed by atoms with E-state index >= 15 is 0 Å². The first-order valence-corrected chi connectivity index (χ1v) is 7.14. The second kappa shape index (κ2) is 8.24. The molecule has 0 aliphatic heterocycles. The molecule has 1 aromatic heterocycles. The lowest BCUT2D eigenvalue weighted by Gasteiger charge is -2.17.